The minimum absolute atomic E-state index is 0.739. The summed E-state index contributed by atoms with van der Waals surface area (Å²) in [5, 5.41) is 5.37. The molecular formula is C15H11Br2ClN2. The zero-order chi connectivity index (χ0) is 14.1. The van der Waals surface area contributed by atoms with Gasteiger partial charge in [-0.15, -0.1) is 0 Å². The van der Waals surface area contributed by atoms with Gasteiger partial charge >= 0.3 is 0 Å². The molecule has 1 aromatic heterocycles. The second-order valence-electron chi connectivity index (χ2n) is 4.45. The Morgan fingerprint density at radius 2 is 1.85 bits per heavy atom. The number of aromatic nitrogens is 1. The first-order chi connectivity index (χ1) is 9.65. The van der Waals surface area contributed by atoms with Gasteiger partial charge in [-0.2, -0.15) is 0 Å². The lowest BCUT2D eigenvalue weighted by atomic mass is 10.2. The molecule has 2 N–H and O–H groups in total. The first kappa shape index (κ1) is 14.0. The summed E-state index contributed by atoms with van der Waals surface area (Å²) in [6, 6.07) is 11.9. The third-order valence-electron chi connectivity index (χ3n) is 3.15. The van der Waals surface area contributed by atoms with E-state index >= 15 is 0 Å². The molecule has 0 atom stereocenters. The fourth-order valence-corrected chi connectivity index (χ4v) is 3.61. The van der Waals surface area contributed by atoms with Crippen LogP contribution in [0.1, 0.15) is 5.56 Å². The van der Waals surface area contributed by atoms with Crippen molar-refractivity contribution in [2.24, 2.45) is 0 Å². The van der Waals surface area contributed by atoms with Gasteiger partial charge in [0.25, 0.3) is 0 Å². The summed E-state index contributed by atoms with van der Waals surface area (Å²) in [6.07, 6.45) is 2.01. The van der Waals surface area contributed by atoms with Gasteiger partial charge < -0.3 is 10.3 Å². The fraction of sp³-hybridized carbons (Fsp3) is 0.0667. The molecule has 0 spiro atoms. The molecule has 0 amide bonds. The second kappa shape index (κ2) is 5.80. The maximum Gasteiger partial charge on any atom is 0.0631 e. The third-order valence-corrected chi connectivity index (χ3v) is 4.70. The molecule has 0 aliphatic heterocycles. The maximum absolute atomic E-state index is 5.99. The lowest BCUT2D eigenvalue weighted by molar-refractivity contribution is 1.15. The van der Waals surface area contributed by atoms with Crippen molar-refractivity contribution < 1.29 is 0 Å². The summed E-state index contributed by atoms with van der Waals surface area (Å²) in [7, 11) is 0. The quantitative estimate of drug-likeness (QED) is 0.544. The number of aromatic amines is 1. The van der Waals surface area contributed by atoms with E-state index in [4.69, 9.17) is 11.6 Å². The molecule has 0 aliphatic rings. The highest BCUT2D eigenvalue weighted by Gasteiger charge is 2.07. The zero-order valence-corrected chi connectivity index (χ0v) is 14.3. The third kappa shape index (κ3) is 2.73. The Kier molecular flexibility index (Phi) is 4.06. The van der Waals surface area contributed by atoms with Crippen LogP contribution in [0, 0.1) is 0 Å². The van der Waals surface area contributed by atoms with E-state index in [0.29, 0.717) is 0 Å². The molecule has 2 aromatic carbocycles. The summed E-state index contributed by atoms with van der Waals surface area (Å²) in [6.45, 7) is 0.739. The number of nitrogens with one attached hydrogen (secondary N) is 2. The number of hydrogen-bond acceptors (Lipinski definition) is 1. The van der Waals surface area contributed by atoms with Gasteiger partial charge in [0.2, 0.25) is 0 Å². The van der Waals surface area contributed by atoms with Crippen LogP contribution in [0.2, 0.25) is 5.02 Å². The van der Waals surface area contributed by atoms with Crippen molar-refractivity contribution in [1.29, 1.82) is 0 Å². The van der Waals surface area contributed by atoms with Crippen LogP contribution in [0.15, 0.2) is 51.5 Å². The predicted octanol–water partition coefficient (Wildman–Crippen LogP) is 5.96. The Hall–Kier alpha value is -0.970. The van der Waals surface area contributed by atoms with Gasteiger partial charge in [0, 0.05) is 37.6 Å². The smallest absolute Gasteiger partial charge is 0.0631 e. The molecular weight excluding hydrogens is 403 g/mol. The van der Waals surface area contributed by atoms with Crippen LogP contribution < -0.4 is 5.32 Å². The van der Waals surface area contributed by atoms with Gasteiger partial charge in [0.15, 0.2) is 0 Å². The largest absolute Gasteiger partial charge is 0.379 e. The van der Waals surface area contributed by atoms with Crippen LogP contribution in [0.3, 0.4) is 0 Å². The molecule has 5 heteroatoms. The Labute approximate surface area is 138 Å². The standard InChI is InChI=1S/C15H11Br2ClN2/c16-12-2-1-3-13(17)15(12)20-8-9-7-19-14-6-10(18)4-5-11(9)14/h1-7,19-20H,8H2. The first-order valence-electron chi connectivity index (χ1n) is 6.08. The molecule has 2 nitrogen and oxygen atoms in total. The lowest BCUT2D eigenvalue weighted by Crippen LogP contribution is -2.00. The number of halogens is 3. The van der Waals surface area contributed by atoms with E-state index in [2.05, 4.69) is 42.2 Å². The van der Waals surface area contributed by atoms with Crippen molar-refractivity contribution >= 4 is 60.1 Å². The van der Waals surface area contributed by atoms with Gasteiger partial charge in [-0.1, -0.05) is 23.7 Å². The van der Waals surface area contributed by atoms with Crippen molar-refractivity contribution in [3.8, 4) is 0 Å². The highest BCUT2D eigenvalue weighted by atomic mass is 79.9. The second-order valence-corrected chi connectivity index (χ2v) is 6.60. The average molecular weight is 415 g/mol. The normalized spacial score (nSPS) is 10.9. The van der Waals surface area contributed by atoms with E-state index in [1.54, 1.807) is 0 Å². The Morgan fingerprint density at radius 3 is 2.60 bits per heavy atom. The van der Waals surface area contributed by atoms with Gasteiger partial charge in [-0.25, -0.2) is 0 Å². The zero-order valence-electron chi connectivity index (χ0n) is 10.4. The topological polar surface area (TPSA) is 27.8 Å². The molecule has 0 fully saturated rings. The maximum atomic E-state index is 5.99. The minimum atomic E-state index is 0.739. The number of anilines is 1. The van der Waals surface area contributed by atoms with E-state index < -0.39 is 0 Å². The summed E-state index contributed by atoms with van der Waals surface area (Å²) in [5.41, 5.74) is 3.32. The van der Waals surface area contributed by atoms with Gasteiger partial charge in [-0.05, 0) is 61.7 Å². The van der Waals surface area contributed by atoms with Crippen molar-refractivity contribution in [3.05, 3.63) is 62.1 Å². The number of H-pyrrole nitrogens is 1. The van der Waals surface area contributed by atoms with Crippen molar-refractivity contribution in [1.82, 2.24) is 4.98 Å². The Bertz CT molecular complexity index is 747. The number of fused-ring (bicyclic) bond motifs is 1. The van der Waals surface area contributed by atoms with Crippen LogP contribution in [0.25, 0.3) is 10.9 Å². The Morgan fingerprint density at radius 1 is 1.10 bits per heavy atom. The number of benzene rings is 2. The fourth-order valence-electron chi connectivity index (χ4n) is 2.16. The number of rotatable bonds is 3. The first-order valence-corrected chi connectivity index (χ1v) is 8.05. The van der Waals surface area contributed by atoms with Gasteiger partial charge in [-0.3, -0.25) is 0 Å². The van der Waals surface area contributed by atoms with Crippen LogP contribution in [0.4, 0.5) is 5.69 Å². The minimum Gasteiger partial charge on any atom is -0.379 e. The highest BCUT2D eigenvalue weighted by molar-refractivity contribution is 9.11. The van der Waals surface area contributed by atoms with Crippen molar-refractivity contribution in [3.63, 3.8) is 0 Å². The molecule has 0 saturated heterocycles. The molecule has 20 heavy (non-hydrogen) atoms. The van der Waals surface area contributed by atoms with Gasteiger partial charge in [0.05, 0.1) is 5.69 Å². The van der Waals surface area contributed by atoms with E-state index in [1.807, 2.05) is 42.6 Å². The number of hydrogen-bond donors (Lipinski definition) is 2. The summed E-state index contributed by atoms with van der Waals surface area (Å²) < 4.78 is 2.07. The Balaban J connectivity index is 1.87. The van der Waals surface area contributed by atoms with E-state index in [1.165, 1.54) is 10.9 Å². The van der Waals surface area contributed by atoms with E-state index in [9.17, 15) is 0 Å². The average Bonchev–Trinajstić information content (AvgIpc) is 2.80. The molecule has 102 valence electrons. The van der Waals surface area contributed by atoms with Gasteiger partial charge in [0.1, 0.15) is 0 Å². The van der Waals surface area contributed by atoms with Crippen molar-refractivity contribution in [2.75, 3.05) is 5.32 Å². The SMILES string of the molecule is Clc1ccc2c(CNc3c(Br)cccc3Br)c[nH]c2c1. The van der Waals surface area contributed by atoms with Crippen LogP contribution in [-0.4, -0.2) is 4.98 Å². The molecule has 3 aromatic rings. The summed E-state index contributed by atoms with van der Waals surface area (Å²) in [5.74, 6) is 0. The summed E-state index contributed by atoms with van der Waals surface area (Å²) >= 11 is 13.1. The molecule has 3 rings (SSSR count). The van der Waals surface area contributed by atoms with Crippen LogP contribution in [-0.2, 0) is 6.54 Å². The highest BCUT2D eigenvalue weighted by Crippen LogP contribution is 2.31. The van der Waals surface area contributed by atoms with Crippen LogP contribution >= 0.6 is 43.5 Å². The molecule has 0 bridgehead atoms. The molecule has 0 aliphatic carbocycles. The van der Waals surface area contributed by atoms with E-state index in [0.717, 1.165) is 31.7 Å². The molecule has 0 radical (unpaired) electrons. The van der Waals surface area contributed by atoms with Crippen molar-refractivity contribution in [2.45, 2.75) is 6.54 Å². The predicted molar refractivity (Wildman–Crippen MR) is 92.5 cm³/mol. The molecule has 0 saturated carbocycles. The molecule has 0 unspecified atom stereocenters. The number of para-hydroxylation sites is 1. The molecule has 1 heterocycles. The summed E-state index contributed by atoms with van der Waals surface area (Å²) in [4.78, 5) is 3.25. The van der Waals surface area contributed by atoms with E-state index in [-0.39, 0.29) is 0 Å². The van der Waals surface area contributed by atoms with Crippen LogP contribution in [0.5, 0.6) is 0 Å². The monoisotopic (exact) mass is 412 g/mol. The lowest BCUT2D eigenvalue weighted by Gasteiger charge is -2.10.